The molecule has 0 aliphatic rings. The summed E-state index contributed by atoms with van der Waals surface area (Å²) in [5, 5.41) is 5.03. The Kier molecular flexibility index (Phi) is 17.3. The van der Waals surface area contributed by atoms with E-state index in [1.807, 2.05) is 68.4 Å². The van der Waals surface area contributed by atoms with Crippen LogP contribution >= 0.6 is 0 Å². The molecule has 0 fully saturated rings. The summed E-state index contributed by atoms with van der Waals surface area (Å²) in [5.41, 5.74) is 23.3. The number of carbonyl (C=O) groups is 6. The molecule has 2 heterocycles. The van der Waals surface area contributed by atoms with Gasteiger partial charge in [0.1, 0.15) is 0 Å². The van der Waals surface area contributed by atoms with Crippen LogP contribution in [0.4, 0.5) is 0 Å². The zero-order valence-electron chi connectivity index (χ0n) is 33.7. The number of nitrogens with zero attached hydrogens (tertiary/aromatic N) is 2. The van der Waals surface area contributed by atoms with Gasteiger partial charge in [-0.3, -0.25) is 39.2 Å². The summed E-state index contributed by atoms with van der Waals surface area (Å²) in [4.78, 5) is 91.5. The van der Waals surface area contributed by atoms with Crippen molar-refractivity contribution in [2.45, 2.75) is 90.6 Å². The van der Waals surface area contributed by atoms with Crippen molar-refractivity contribution >= 4 is 46.1 Å². The van der Waals surface area contributed by atoms with E-state index < -0.39 is 53.5 Å². The van der Waals surface area contributed by atoms with E-state index in [0.29, 0.717) is 31.5 Å². The number of imidazole rings is 1. The molecule has 0 unspecified atom stereocenters. The summed E-state index contributed by atoms with van der Waals surface area (Å²) in [6.07, 6.45) is 6.49. The van der Waals surface area contributed by atoms with Gasteiger partial charge in [-0.05, 0) is 55.3 Å². The molecule has 2 aromatic carbocycles. The molecular weight excluding hydrogens is 739 g/mol. The molecule has 2 aromatic heterocycles. The molecule has 15 heteroatoms. The smallest absolute Gasteiger partial charge is 0.241 e. The van der Waals surface area contributed by atoms with E-state index in [1.165, 1.54) is 11.3 Å². The first kappa shape index (κ1) is 45.0. The van der Waals surface area contributed by atoms with Crippen molar-refractivity contribution in [3.05, 3.63) is 90.1 Å². The number of rotatable bonds is 24. The van der Waals surface area contributed by atoms with Crippen LogP contribution < -0.4 is 27.9 Å². The highest BCUT2D eigenvalue weighted by atomic mass is 16.2. The number of hydrogen-bond donors (Lipinski definition) is 7. The molecule has 0 spiro atoms. The van der Waals surface area contributed by atoms with Gasteiger partial charge in [-0.25, -0.2) is 4.98 Å². The lowest BCUT2D eigenvalue weighted by molar-refractivity contribution is -0.146. The first-order valence-electron chi connectivity index (χ1n) is 20.0. The highest BCUT2D eigenvalue weighted by Crippen LogP contribution is 2.24. The van der Waals surface area contributed by atoms with Gasteiger partial charge in [-0.1, -0.05) is 75.7 Å². The lowest BCUT2D eigenvalue weighted by Crippen LogP contribution is -2.52. The van der Waals surface area contributed by atoms with Gasteiger partial charge in [0.05, 0.1) is 24.3 Å². The molecule has 10 N–H and O–H groups in total. The minimum absolute atomic E-state index is 0.0687. The van der Waals surface area contributed by atoms with Crippen LogP contribution in [0.2, 0.25) is 0 Å². The highest BCUT2D eigenvalue weighted by Gasteiger charge is 2.33. The summed E-state index contributed by atoms with van der Waals surface area (Å²) >= 11 is 0. The third kappa shape index (κ3) is 13.8. The van der Waals surface area contributed by atoms with E-state index in [-0.39, 0.29) is 62.6 Å². The number of nitrogens with two attached hydrogens (primary N) is 3. The fraction of sp³-hybridized carbons (Fsp3) is 0.465. The van der Waals surface area contributed by atoms with E-state index in [0.717, 1.165) is 22.0 Å². The molecule has 4 amide bonds. The number of nitrogens with one attached hydrogen (secondary N) is 4. The van der Waals surface area contributed by atoms with Gasteiger partial charge >= 0.3 is 0 Å². The molecule has 4 rings (SSSR count). The standard InChI is InChI=1S/C43H59N9O6/c1-27(2)25-52(51-42(57)28(3)17-38(53)35(45)22-33-24-47-26-49-33)40(55)21-31(19-32-23-48-36-15-8-7-14-34(32)36)43(58)50-37(18-29-11-5-4-6-12-29)39(54)20-30(41(46)56)13-9-10-16-44/h4-8,11-12,14-15,23-24,26-28,30-31,35,37,48H,9-10,13,16-22,25,44-45H2,1-3H3,(H2,46,56)(H,47,49)(H,50,58)(H,51,57)/t28-,30+,31+,35-,37+/m0/s1. The number of amides is 4. The van der Waals surface area contributed by atoms with E-state index in [1.54, 1.807) is 19.3 Å². The average Bonchev–Trinajstić information content (AvgIpc) is 3.86. The maximum absolute atomic E-state index is 14.5. The second-order valence-corrected chi connectivity index (χ2v) is 15.6. The second-order valence-electron chi connectivity index (χ2n) is 15.6. The van der Waals surface area contributed by atoms with Crippen LogP contribution in [-0.4, -0.2) is 80.3 Å². The number of hydrogen-bond acceptors (Lipinski definition) is 9. The van der Waals surface area contributed by atoms with Crippen molar-refractivity contribution in [1.29, 1.82) is 0 Å². The van der Waals surface area contributed by atoms with E-state index in [2.05, 4.69) is 25.7 Å². The summed E-state index contributed by atoms with van der Waals surface area (Å²) in [6, 6.07) is 14.9. The molecule has 0 aliphatic heterocycles. The van der Waals surface area contributed by atoms with Gasteiger partial charge in [0.15, 0.2) is 11.6 Å². The van der Waals surface area contributed by atoms with Crippen LogP contribution in [0.15, 0.2) is 73.3 Å². The Morgan fingerprint density at radius 2 is 1.53 bits per heavy atom. The van der Waals surface area contributed by atoms with Crippen molar-refractivity contribution in [2.24, 2.45) is 40.9 Å². The summed E-state index contributed by atoms with van der Waals surface area (Å²) in [6.45, 7) is 5.95. The predicted octanol–water partition coefficient (Wildman–Crippen LogP) is 3.04. The number of aromatic nitrogens is 3. The van der Waals surface area contributed by atoms with Crippen molar-refractivity contribution < 1.29 is 28.8 Å². The minimum atomic E-state index is -1.02. The lowest BCUT2D eigenvalue weighted by atomic mass is 9.89. The van der Waals surface area contributed by atoms with Gasteiger partial charge in [-0.2, -0.15) is 0 Å². The Balaban J connectivity index is 1.57. The molecule has 4 aromatic rings. The van der Waals surface area contributed by atoms with Crippen LogP contribution in [0.5, 0.6) is 0 Å². The molecular formula is C43H59N9O6. The number of ketones is 2. The number of hydrazine groups is 1. The number of primary amides is 1. The van der Waals surface area contributed by atoms with E-state index >= 15 is 0 Å². The second kappa shape index (κ2) is 22.3. The zero-order valence-corrected chi connectivity index (χ0v) is 33.7. The molecule has 0 saturated carbocycles. The number of fused-ring (bicyclic) bond motifs is 1. The summed E-state index contributed by atoms with van der Waals surface area (Å²) < 4.78 is 0. The van der Waals surface area contributed by atoms with Crippen molar-refractivity contribution in [3.8, 4) is 0 Å². The molecule has 58 heavy (non-hydrogen) atoms. The minimum Gasteiger partial charge on any atom is -0.369 e. The number of aromatic amines is 2. The van der Waals surface area contributed by atoms with Gasteiger partial charge in [0, 0.05) is 73.1 Å². The number of unbranched alkanes of at least 4 members (excludes halogenated alkanes) is 1. The van der Waals surface area contributed by atoms with Gasteiger partial charge < -0.3 is 32.5 Å². The van der Waals surface area contributed by atoms with Crippen LogP contribution in [0.1, 0.15) is 76.1 Å². The fourth-order valence-electron chi connectivity index (χ4n) is 6.91. The summed E-state index contributed by atoms with van der Waals surface area (Å²) in [5.74, 6) is -5.43. The number of Topliss-reactive ketones (excluding diaryl/α,β-unsaturated/α-hetero) is 2. The number of benzene rings is 2. The molecule has 0 aliphatic carbocycles. The normalized spacial score (nSPS) is 14.0. The van der Waals surface area contributed by atoms with Crippen LogP contribution in [0.25, 0.3) is 10.9 Å². The Bertz CT molecular complexity index is 1960. The Morgan fingerprint density at radius 1 is 0.810 bits per heavy atom. The maximum atomic E-state index is 14.5. The molecule has 5 atom stereocenters. The average molecular weight is 798 g/mol. The lowest BCUT2D eigenvalue weighted by Gasteiger charge is -2.29. The first-order valence-corrected chi connectivity index (χ1v) is 20.0. The van der Waals surface area contributed by atoms with Crippen molar-refractivity contribution in [3.63, 3.8) is 0 Å². The third-order valence-corrected chi connectivity index (χ3v) is 10.2. The van der Waals surface area contributed by atoms with Crippen LogP contribution in [-0.2, 0) is 48.0 Å². The fourth-order valence-corrected chi connectivity index (χ4v) is 6.91. The first-order chi connectivity index (χ1) is 27.7. The quantitative estimate of drug-likeness (QED) is 0.0406. The van der Waals surface area contributed by atoms with Crippen molar-refractivity contribution in [1.82, 2.24) is 30.7 Å². The highest BCUT2D eigenvalue weighted by molar-refractivity contribution is 5.95. The number of para-hydroxylation sites is 1. The predicted molar refractivity (Wildman–Crippen MR) is 221 cm³/mol. The van der Waals surface area contributed by atoms with E-state index in [9.17, 15) is 28.8 Å². The third-order valence-electron chi connectivity index (χ3n) is 10.2. The van der Waals surface area contributed by atoms with Crippen LogP contribution in [0, 0.1) is 23.7 Å². The Morgan fingerprint density at radius 3 is 2.21 bits per heavy atom. The zero-order chi connectivity index (χ0) is 42.2. The Labute approximate surface area is 339 Å². The Hall–Kier alpha value is -5.67. The monoisotopic (exact) mass is 797 g/mol. The molecule has 312 valence electrons. The number of H-pyrrole nitrogens is 2. The summed E-state index contributed by atoms with van der Waals surface area (Å²) in [7, 11) is 0. The van der Waals surface area contributed by atoms with Crippen LogP contribution in [0.3, 0.4) is 0 Å². The topological polar surface area (TPSA) is 252 Å². The molecule has 0 bridgehead atoms. The molecule has 15 nitrogen and oxygen atoms in total. The maximum Gasteiger partial charge on any atom is 0.241 e. The van der Waals surface area contributed by atoms with Gasteiger partial charge in [-0.15, -0.1) is 0 Å². The number of carbonyl (C=O) groups excluding carboxylic acids is 6. The van der Waals surface area contributed by atoms with E-state index in [4.69, 9.17) is 17.2 Å². The largest absolute Gasteiger partial charge is 0.369 e. The SMILES string of the molecule is CC(C)CN(NC(=O)[C@@H](C)CC(=O)[C@@H](N)Cc1cnc[nH]1)C(=O)C[C@@H](Cc1c[nH]c2ccccc12)C(=O)N[C@H](Cc1ccccc1)C(=O)C[C@@H](CCCCN)C(N)=O. The van der Waals surface area contributed by atoms with Gasteiger partial charge in [0.2, 0.25) is 23.6 Å². The van der Waals surface area contributed by atoms with Gasteiger partial charge in [0.25, 0.3) is 0 Å². The van der Waals surface area contributed by atoms with Crippen molar-refractivity contribution in [2.75, 3.05) is 13.1 Å². The molecule has 0 radical (unpaired) electrons. The molecule has 0 saturated heterocycles.